The minimum Gasteiger partial charge on any atom is -0.497 e. The first kappa shape index (κ1) is 14.5. The lowest BCUT2D eigenvalue weighted by molar-refractivity contribution is -0.117. The van der Waals surface area contributed by atoms with Gasteiger partial charge in [-0.25, -0.2) is 4.39 Å². The minimum atomic E-state index is -0.444. The molecule has 0 aromatic heterocycles. The second-order valence-electron chi connectivity index (χ2n) is 4.48. The van der Waals surface area contributed by atoms with Crippen LogP contribution in [-0.4, -0.2) is 12.9 Å². The molecular weight excluding hydrogens is 279 g/mol. The van der Waals surface area contributed by atoms with Crippen molar-refractivity contribution in [2.45, 2.75) is 12.8 Å². The van der Waals surface area contributed by atoms with Gasteiger partial charge in [-0.1, -0.05) is 29.8 Å². The van der Waals surface area contributed by atoms with E-state index in [9.17, 15) is 9.18 Å². The van der Waals surface area contributed by atoms with Crippen molar-refractivity contribution in [3.63, 3.8) is 0 Å². The smallest absolute Gasteiger partial charge is 0.141 e. The fourth-order valence-corrected chi connectivity index (χ4v) is 2.07. The van der Waals surface area contributed by atoms with E-state index < -0.39 is 5.82 Å². The monoisotopic (exact) mass is 292 g/mol. The summed E-state index contributed by atoms with van der Waals surface area (Å²) in [5.41, 5.74) is 1.25. The van der Waals surface area contributed by atoms with Gasteiger partial charge in [0.1, 0.15) is 17.3 Å². The number of Topliss-reactive ketones (excluding diaryl/α,β-unsaturated/α-hetero) is 1. The SMILES string of the molecule is COc1ccc(CC(=O)Cc2ccc(Cl)cc2F)cc1. The summed E-state index contributed by atoms with van der Waals surface area (Å²) in [6.45, 7) is 0. The predicted octanol–water partition coefficient (Wildman–Crippen LogP) is 3.84. The number of halogens is 2. The van der Waals surface area contributed by atoms with Gasteiger partial charge in [0.2, 0.25) is 0 Å². The van der Waals surface area contributed by atoms with E-state index in [2.05, 4.69) is 0 Å². The van der Waals surface area contributed by atoms with Gasteiger partial charge in [-0.15, -0.1) is 0 Å². The van der Waals surface area contributed by atoms with E-state index in [0.717, 1.165) is 11.3 Å². The molecule has 0 aliphatic heterocycles. The van der Waals surface area contributed by atoms with E-state index in [1.54, 1.807) is 31.4 Å². The number of ether oxygens (including phenoxy) is 1. The second-order valence-corrected chi connectivity index (χ2v) is 4.91. The summed E-state index contributed by atoms with van der Waals surface area (Å²) in [6.07, 6.45) is 0.334. The zero-order valence-electron chi connectivity index (χ0n) is 11.0. The molecule has 0 heterocycles. The van der Waals surface area contributed by atoms with Crippen molar-refractivity contribution < 1.29 is 13.9 Å². The maximum Gasteiger partial charge on any atom is 0.141 e. The standard InChI is InChI=1S/C16H14ClFO2/c1-20-15-6-2-11(3-7-15)8-14(19)9-12-4-5-13(17)10-16(12)18/h2-7,10H,8-9H2,1H3. The van der Waals surface area contributed by atoms with Gasteiger partial charge in [-0.2, -0.15) is 0 Å². The molecule has 0 saturated carbocycles. The highest BCUT2D eigenvalue weighted by Gasteiger charge is 2.09. The van der Waals surface area contributed by atoms with Gasteiger partial charge in [0.25, 0.3) is 0 Å². The van der Waals surface area contributed by atoms with Crippen LogP contribution < -0.4 is 4.74 Å². The first-order valence-electron chi connectivity index (χ1n) is 6.17. The molecule has 20 heavy (non-hydrogen) atoms. The van der Waals surface area contributed by atoms with Crippen LogP contribution in [0.3, 0.4) is 0 Å². The first-order valence-corrected chi connectivity index (χ1v) is 6.55. The fourth-order valence-electron chi connectivity index (χ4n) is 1.91. The Hall–Kier alpha value is -1.87. The van der Waals surface area contributed by atoms with E-state index in [1.165, 1.54) is 6.07 Å². The van der Waals surface area contributed by atoms with Gasteiger partial charge in [0, 0.05) is 17.9 Å². The molecule has 0 N–H and O–H groups in total. The Morgan fingerprint density at radius 1 is 1.15 bits per heavy atom. The van der Waals surface area contributed by atoms with Crippen molar-refractivity contribution in [2.24, 2.45) is 0 Å². The van der Waals surface area contributed by atoms with Gasteiger partial charge >= 0.3 is 0 Å². The van der Waals surface area contributed by atoms with Crippen molar-refractivity contribution in [1.82, 2.24) is 0 Å². The van der Waals surface area contributed by atoms with Crippen LogP contribution in [0, 0.1) is 5.82 Å². The summed E-state index contributed by atoms with van der Waals surface area (Å²) in [5, 5.41) is 0.328. The van der Waals surface area contributed by atoms with Crippen molar-refractivity contribution in [3.8, 4) is 5.75 Å². The lowest BCUT2D eigenvalue weighted by atomic mass is 10.0. The third kappa shape index (κ3) is 3.81. The summed E-state index contributed by atoms with van der Waals surface area (Å²) in [5.74, 6) is 0.252. The molecule has 0 atom stereocenters. The highest BCUT2D eigenvalue weighted by molar-refractivity contribution is 6.30. The maximum absolute atomic E-state index is 13.6. The Balaban J connectivity index is 2.01. The normalized spacial score (nSPS) is 10.3. The highest BCUT2D eigenvalue weighted by atomic mass is 35.5. The van der Waals surface area contributed by atoms with Crippen molar-refractivity contribution in [2.75, 3.05) is 7.11 Å². The van der Waals surface area contributed by atoms with Crippen LogP contribution in [-0.2, 0) is 17.6 Å². The van der Waals surface area contributed by atoms with E-state index in [0.29, 0.717) is 10.6 Å². The van der Waals surface area contributed by atoms with Gasteiger partial charge in [0.15, 0.2) is 0 Å². The Morgan fingerprint density at radius 3 is 2.45 bits per heavy atom. The molecule has 0 radical (unpaired) electrons. The molecule has 2 rings (SSSR count). The van der Waals surface area contributed by atoms with Crippen LogP contribution in [0.15, 0.2) is 42.5 Å². The zero-order chi connectivity index (χ0) is 14.5. The van der Waals surface area contributed by atoms with Crippen LogP contribution in [0.2, 0.25) is 5.02 Å². The summed E-state index contributed by atoms with van der Waals surface area (Å²) >= 11 is 5.68. The zero-order valence-corrected chi connectivity index (χ0v) is 11.8. The minimum absolute atomic E-state index is 0.0450. The molecule has 0 spiro atoms. The Labute approximate surface area is 122 Å². The van der Waals surface area contributed by atoms with Crippen LogP contribution in [0.1, 0.15) is 11.1 Å². The molecular formula is C16H14ClFO2. The number of hydrogen-bond acceptors (Lipinski definition) is 2. The molecule has 2 aromatic rings. The van der Waals surface area contributed by atoms with Gasteiger partial charge < -0.3 is 4.74 Å². The van der Waals surface area contributed by atoms with Crippen LogP contribution in [0.4, 0.5) is 4.39 Å². The van der Waals surface area contributed by atoms with Gasteiger partial charge in [-0.3, -0.25) is 4.79 Å². The van der Waals surface area contributed by atoms with E-state index >= 15 is 0 Å². The number of carbonyl (C=O) groups is 1. The molecule has 0 aliphatic carbocycles. The van der Waals surface area contributed by atoms with Gasteiger partial charge in [0.05, 0.1) is 7.11 Å². The third-order valence-corrected chi connectivity index (χ3v) is 3.20. The Kier molecular flexibility index (Phi) is 4.74. The Morgan fingerprint density at radius 2 is 1.85 bits per heavy atom. The molecule has 2 nitrogen and oxygen atoms in total. The number of hydrogen-bond donors (Lipinski definition) is 0. The summed E-state index contributed by atoms with van der Waals surface area (Å²) < 4.78 is 18.6. The quantitative estimate of drug-likeness (QED) is 0.837. The average molecular weight is 293 g/mol. The number of carbonyl (C=O) groups excluding carboxylic acids is 1. The van der Waals surface area contributed by atoms with Gasteiger partial charge in [-0.05, 0) is 35.4 Å². The van der Waals surface area contributed by atoms with Crippen LogP contribution in [0.5, 0.6) is 5.75 Å². The molecule has 4 heteroatoms. The summed E-state index contributed by atoms with van der Waals surface area (Å²) in [4.78, 5) is 11.9. The summed E-state index contributed by atoms with van der Waals surface area (Å²) in [6, 6.07) is 11.6. The molecule has 0 amide bonds. The molecule has 0 aliphatic rings. The number of ketones is 1. The summed E-state index contributed by atoms with van der Waals surface area (Å²) in [7, 11) is 1.59. The first-order chi connectivity index (χ1) is 9.58. The third-order valence-electron chi connectivity index (χ3n) is 2.96. The molecule has 0 bridgehead atoms. The second kappa shape index (κ2) is 6.53. The molecule has 0 fully saturated rings. The van der Waals surface area contributed by atoms with E-state index in [-0.39, 0.29) is 18.6 Å². The lowest BCUT2D eigenvalue weighted by Crippen LogP contribution is -2.08. The number of benzene rings is 2. The number of rotatable bonds is 5. The Bertz CT molecular complexity index is 608. The van der Waals surface area contributed by atoms with Crippen LogP contribution in [0.25, 0.3) is 0 Å². The molecule has 104 valence electrons. The topological polar surface area (TPSA) is 26.3 Å². The molecule has 0 unspecified atom stereocenters. The fraction of sp³-hybridized carbons (Fsp3) is 0.188. The molecule has 2 aromatic carbocycles. The van der Waals surface area contributed by atoms with E-state index in [1.807, 2.05) is 12.1 Å². The molecule has 0 saturated heterocycles. The largest absolute Gasteiger partial charge is 0.497 e. The average Bonchev–Trinajstić information content (AvgIpc) is 2.43. The maximum atomic E-state index is 13.6. The number of methoxy groups -OCH3 is 1. The van der Waals surface area contributed by atoms with Crippen LogP contribution >= 0.6 is 11.6 Å². The predicted molar refractivity (Wildman–Crippen MR) is 76.8 cm³/mol. The van der Waals surface area contributed by atoms with Crippen molar-refractivity contribution >= 4 is 17.4 Å². The van der Waals surface area contributed by atoms with E-state index in [4.69, 9.17) is 16.3 Å². The highest BCUT2D eigenvalue weighted by Crippen LogP contribution is 2.17. The van der Waals surface area contributed by atoms with Crippen molar-refractivity contribution in [3.05, 3.63) is 64.4 Å². The lowest BCUT2D eigenvalue weighted by Gasteiger charge is -2.05. The van der Waals surface area contributed by atoms with Crippen molar-refractivity contribution in [1.29, 1.82) is 0 Å².